The molecular weight excluding hydrogens is 184 g/mol. The van der Waals surface area contributed by atoms with Gasteiger partial charge in [0, 0.05) is 5.56 Å². The molecule has 0 N–H and O–H groups in total. The van der Waals surface area contributed by atoms with Crippen molar-refractivity contribution in [2.75, 3.05) is 0 Å². The Morgan fingerprint density at radius 3 is 2.47 bits per heavy atom. The smallest absolute Gasteiger partial charge is 0.159 e. The first-order valence-electron chi connectivity index (χ1n) is 5.53. The molecule has 0 aliphatic heterocycles. The van der Waals surface area contributed by atoms with Gasteiger partial charge in [-0.1, -0.05) is 36.4 Å². The summed E-state index contributed by atoms with van der Waals surface area (Å²) in [5.74, 6) is 0.793. The predicted octanol–water partition coefficient (Wildman–Crippen LogP) is 3.71. The number of allylic oxidation sites excluding steroid dienone is 2. The van der Waals surface area contributed by atoms with Crippen molar-refractivity contribution in [3.05, 3.63) is 47.5 Å². The summed E-state index contributed by atoms with van der Waals surface area (Å²) in [7, 11) is 0. The van der Waals surface area contributed by atoms with Gasteiger partial charge in [-0.25, -0.2) is 0 Å². The van der Waals surface area contributed by atoms with Crippen LogP contribution in [-0.4, -0.2) is 5.78 Å². The number of carbonyl (C=O) groups excluding carboxylic acids is 1. The Bertz CT molecular complexity index is 373. The molecule has 15 heavy (non-hydrogen) atoms. The highest BCUT2D eigenvalue weighted by molar-refractivity contribution is 5.94. The Kier molecular flexibility index (Phi) is 3.00. The number of Topliss-reactive ketones (excluding diaryl/α,β-unsaturated/α-hetero) is 1. The Morgan fingerprint density at radius 1 is 1.20 bits per heavy atom. The van der Waals surface area contributed by atoms with Gasteiger partial charge < -0.3 is 0 Å². The molecule has 2 rings (SSSR count). The van der Waals surface area contributed by atoms with Gasteiger partial charge >= 0.3 is 0 Å². The zero-order valence-electron chi connectivity index (χ0n) is 9.07. The monoisotopic (exact) mass is 200 g/mol. The first kappa shape index (κ1) is 10.2. The number of carbonyl (C=O) groups is 1. The molecule has 1 unspecified atom stereocenters. The molecule has 0 spiro atoms. The third-order valence-electron chi connectivity index (χ3n) is 3.06. The number of ketones is 1. The second kappa shape index (κ2) is 4.43. The molecule has 0 bridgehead atoms. The summed E-state index contributed by atoms with van der Waals surface area (Å²) in [4.78, 5) is 11.1. The lowest BCUT2D eigenvalue weighted by molar-refractivity contribution is 0.101. The van der Waals surface area contributed by atoms with Crippen LogP contribution in [0.15, 0.2) is 36.4 Å². The van der Waals surface area contributed by atoms with E-state index in [9.17, 15) is 4.79 Å². The minimum absolute atomic E-state index is 0.144. The molecule has 1 atom stereocenters. The second-order valence-corrected chi connectivity index (χ2v) is 4.16. The molecular formula is C14H16O. The molecule has 0 amide bonds. The van der Waals surface area contributed by atoms with Crippen LogP contribution in [0.25, 0.3) is 0 Å². The van der Waals surface area contributed by atoms with Crippen LogP contribution in [0.4, 0.5) is 0 Å². The van der Waals surface area contributed by atoms with Crippen LogP contribution in [0.5, 0.6) is 0 Å². The SMILES string of the molecule is CC(=O)c1ccc(C2CC=CCC2)cc1. The quantitative estimate of drug-likeness (QED) is 0.525. The number of hydrogen-bond donors (Lipinski definition) is 0. The van der Waals surface area contributed by atoms with Crippen molar-refractivity contribution >= 4 is 5.78 Å². The Balaban J connectivity index is 2.16. The van der Waals surface area contributed by atoms with E-state index in [0.717, 1.165) is 12.0 Å². The maximum Gasteiger partial charge on any atom is 0.159 e. The van der Waals surface area contributed by atoms with Gasteiger partial charge in [-0.15, -0.1) is 0 Å². The van der Waals surface area contributed by atoms with E-state index in [-0.39, 0.29) is 5.78 Å². The second-order valence-electron chi connectivity index (χ2n) is 4.16. The van der Waals surface area contributed by atoms with E-state index in [4.69, 9.17) is 0 Å². The lowest BCUT2D eigenvalue weighted by Crippen LogP contribution is -2.01. The maximum atomic E-state index is 11.1. The molecule has 1 aromatic carbocycles. The molecule has 1 heteroatoms. The Morgan fingerprint density at radius 2 is 1.93 bits per heavy atom. The first-order valence-corrected chi connectivity index (χ1v) is 5.53. The van der Waals surface area contributed by atoms with Gasteiger partial charge in [0.2, 0.25) is 0 Å². The molecule has 0 saturated heterocycles. The lowest BCUT2D eigenvalue weighted by atomic mass is 9.87. The largest absolute Gasteiger partial charge is 0.295 e. The first-order chi connectivity index (χ1) is 7.27. The molecule has 0 fully saturated rings. The van der Waals surface area contributed by atoms with Gasteiger partial charge in [-0.3, -0.25) is 4.79 Å². The summed E-state index contributed by atoms with van der Waals surface area (Å²) in [5, 5.41) is 0. The van der Waals surface area contributed by atoms with E-state index in [2.05, 4.69) is 24.3 Å². The average Bonchev–Trinajstić information content (AvgIpc) is 2.30. The molecule has 1 aliphatic rings. The zero-order chi connectivity index (χ0) is 10.7. The maximum absolute atomic E-state index is 11.1. The lowest BCUT2D eigenvalue weighted by Gasteiger charge is -2.18. The van der Waals surface area contributed by atoms with Crippen LogP contribution in [0.2, 0.25) is 0 Å². The number of hydrogen-bond acceptors (Lipinski definition) is 1. The third-order valence-corrected chi connectivity index (χ3v) is 3.06. The van der Waals surface area contributed by atoms with Crippen molar-refractivity contribution in [3.63, 3.8) is 0 Å². The molecule has 1 aromatic rings. The molecule has 1 aliphatic carbocycles. The predicted molar refractivity (Wildman–Crippen MR) is 62.2 cm³/mol. The Hall–Kier alpha value is -1.37. The Labute approximate surface area is 90.8 Å². The van der Waals surface area contributed by atoms with Crippen molar-refractivity contribution in [3.8, 4) is 0 Å². The van der Waals surface area contributed by atoms with E-state index >= 15 is 0 Å². The third kappa shape index (κ3) is 2.35. The average molecular weight is 200 g/mol. The van der Waals surface area contributed by atoms with E-state index in [1.54, 1.807) is 6.92 Å². The number of benzene rings is 1. The van der Waals surface area contributed by atoms with Crippen LogP contribution in [0, 0.1) is 0 Å². The minimum atomic E-state index is 0.144. The van der Waals surface area contributed by atoms with E-state index in [1.165, 1.54) is 18.4 Å². The molecule has 0 heterocycles. The topological polar surface area (TPSA) is 17.1 Å². The summed E-state index contributed by atoms with van der Waals surface area (Å²) in [5.41, 5.74) is 2.18. The molecule has 0 aromatic heterocycles. The summed E-state index contributed by atoms with van der Waals surface area (Å²) >= 11 is 0. The van der Waals surface area contributed by atoms with Gasteiger partial charge in [-0.2, -0.15) is 0 Å². The molecule has 0 saturated carbocycles. The van der Waals surface area contributed by atoms with Crippen molar-refractivity contribution in [1.82, 2.24) is 0 Å². The van der Waals surface area contributed by atoms with Gasteiger partial charge in [0.05, 0.1) is 0 Å². The van der Waals surface area contributed by atoms with E-state index in [1.807, 2.05) is 12.1 Å². The van der Waals surface area contributed by atoms with Crippen LogP contribution >= 0.6 is 0 Å². The fourth-order valence-electron chi connectivity index (χ4n) is 2.09. The summed E-state index contributed by atoms with van der Waals surface area (Å²) < 4.78 is 0. The minimum Gasteiger partial charge on any atom is -0.295 e. The summed E-state index contributed by atoms with van der Waals surface area (Å²) in [6.07, 6.45) is 8.06. The van der Waals surface area contributed by atoms with E-state index in [0.29, 0.717) is 5.92 Å². The molecule has 1 nitrogen and oxygen atoms in total. The van der Waals surface area contributed by atoms with Crippen LogP contribution in [-0.2, 0) is 0 Å². The summed E-state index contributed by atoms with van der Waals surface area (Å²) in [6.45, 7) is 1.61. The van der Waals surface area contributed by atoms with Gasteiger partial charge in [-0.05, 0) is 37.7 Å². The van der Waals surface area contributed by atoms with Gasteiger partial charge in [0.25, 0.3) is 0 Å². The van der Waals surface area contributed by atoms with Crippen LogP contribution in [0.1, 0.15) is 48.0 Å². The fourth-order valence-corrected chi connectivity index (χ4v) is 2.09. The normalized spacial score (nSPS) is 20.2. The highest BCUT2D eigenvalue weighted by atomic mass is 16.1. The standard InChI is InChI=1S/C14H16O/c1-11(15)12-7-9-14(10-8-12)13-5-3-2-4-6-13/h2-3,7-10,13H,4-6H2,1H3. The van der Waals surface area contributed by atoms with Crippen molar-refractivity contribution in [2.24, 2.45) is 0 Å². The molecule has 78 valence electrons. The van der Waals surface area contributed by atoms with E-state index < -0.39 is 0 Å². The fraction of sp³-hybridized carbons (Fsp3) is 0.357. The van der Waals surface area contributed by atoms with Crippen LogP contribution in [0.3, 0.4) is 0 Å². The van der Waals surface area contributed by atoms with Gasteiger partial charge in [0.15, 0.2) is 5.78 Å². The zero-order valence-corrected chi connectivity index (χ0v) is 9.07. The summed E-state index contributed by atoms with van der Waals surface area (Å²) in [6, 6.07) is 8.08. The van der Waals surface area contributed by atoms with Crippen molar-refractivity contribution < 1.29 is 4.79 Å². The highest BCUT2D eigenvalue weighted by Gasteiger charge is 2.12. The highest BCUT2D eigenvalue weighted by Crippen LogP contribution is 2.28. The van der Waals surface area contributed by atoms with Gasteiger partial charge in [0.1, 0.15) is 0 Å². The number of rotatable bonds is 2. The van der Waals surface area contributed by atoms with Crippen LogP contribution < -0.4 is 0 Å². The van der Waals surface area contributed by atoms with Crippen molar-refractivity contribution in [1.29, 1.82) is 0 Å². The molecule has 0 radical (unpaired) electrons. The van der Waals surface area contributed by atoms with Crippen molar-refractivity contribution in [2.45, 2.75) is 32.1 Å².